The van der Waals surface area contributed by atoms with Gasteiger partial charge in [0.15, 0.2) is 18.0 Å². The van der Waals surface area contributed by atoms with Crippen LogP contribution >= 0.6 is 15.9 Å². The van der Waals surface area contributed by atoms with Gasteiger partial charge in [-0.15, -0.1) is 0 Å². The lowest BCUT2D eigenvalue weighted by Gasteiger charge is -2.12. The van der Waals surface area contributed by atoms with Crippen LogP contribution in [-0.2, 0) is 6.54 Å². The van der Waals surface area contributed by atoms with Crippen molar-refractivity contribution in [1.82, 2.24) is 14.6 Å². The van der Waals surface area contributed by atoms with E-state index in [-0.39, 0.29) is 0 Å². The number of fused-ring (bicyclic) bond motifs is 1. The van der Waals surface area contributed by atoms with Crippen LogP contribution in [0.2, 0.25) is 0 Å². The SMILES string of the molecule is Bc1cnn2c(NCc3ccc[n+]([O-])c3)cc(-c3ccccc3Br)nc12. The number of nitrogens with zero attached hydrogens (tertiary/aromatic N) is 4. The molecule has 0 fully saturated rings. The highest BCUT2D eigenvalue weighted by Gasteiger charge is 2.12. The lowest BCUT2D eigenvalue weighted by molar-refractivity contribution is -0.605. The highest BCUT2D eigenvalue weighted by molar-refractivity contribution is 9.10. The number of hydrogen-bond donors (Lipinski definition) is 1. The molecule has 0 saturated carbocycles. The summed E-state index contributed by atoms with van der Waals surface area (Å²) in [6.07, 6.45) is 4.82. The van der Waals surface area contributed by atoms with Gasteiger partial charge in [0.2, 0.25) is 0 Å². The topological polar surface area (TPSA) is 69.2 Å². The van der Waals surface area contributed by atoms with E-state index >= 15 is 0 Å². The molecule has 4 aromatic rings. The Balaban J connectivity index is 1.77. The van der Waals surface area contributed by atoms with E-state index in [4.69, 9.17) is 4.98 Å². The number of benzene rings is 1. The molecule has 0 atom stereocenters. The van der Waals surface area contributed by atoms with Crippen molar-refractivity contribution >= 4 is 40.7 Å². The third kappa shape index (κ3) is 3.15. The Kier molecular flexibility index (Phi) is 4.34. The van der Waals surface area contributed by atoms with Crippen LogP contribution in [0.5, 0.6) is 0 Å². The first-order valence-corrected chi connectivity index (χ1v) is 8.93. The second kappa shape index (κ2) is 6.80. The van der Waals surface area contributed by atoms with Crippen LogP contribution in [0.15, 0.2) is 65.5 Å². The summed E-state index contributed by atoms with van der Waals surface area (Å²) in [5, 5.41) is 19.2. The van der Waals surface area contributed by atoms with Gasteiger partial charge < -0.3 is 10.5 Å². The Morgan fingerprint density at radius 1 is 1.23 bits per heavy atom. The Labute approximate surface area is 159 Å². The first-order valence-electron chi connectivity index (χ1n) is 8.14. The minimum Gasteiger partial charge on any atom is -0.619 e. The van der Waals surface area contributed by atoms with Gasteiger partial charge in [0.25, 0.3) is 0 Å². The molecule has 0 amide bonds. The summed E-state index contributed by atoms with van der Waals surface area (Å²) in [4.78, 5) is 4.77. The maximum absolute atomic E-state index is 11.5. The molecule has 0 spiro atoms. The third-order valence-corrected chi connectivity index (χ3v) is 4.80. The van der Waals surface area contributed by atoms with Crippen molar-refractivity contribution in [2.75, 3.05) is 5.32 Å². The van der Waals surface area contributed by atoms with Crippen LogP contribution in [0.3, 0.4) is 0 Å². The van der Waals surface area contributed by atoms with Gasteiger partial charge in [-0.2, -0.15) is 14.3 Å². The normalized spacial score (nSPS) is 11.0. The van der Waals surface area contributed by atoms with Gasteiger partial charge >= 0.3 is 0 Å². The van der Waals surface area contributed by atoms with Crippen molar-refractivity contribution in [2.45, 2.75) is 6.54 Å². The largest absolute Gasteiger partial charge is 0.619 e. The highest BCUT2D eigenvalue weighted by Crippen LogP contribution is 2.28. The average molecular weight is 408 g/mol. The van der Waals surface area contributed by atoms with E-state index < -0.39 is 0 Å². The molecule has 0 aliphatic carbocycles. The predicted octanol–water partition coefficient (Wildman–Crippen LogP) is 1.66. The van der Waals surface area contributed by atoms with Crippen LogP contribution in [0.1, 0.15) is 5.56 Å². The number of halogens is 1. The Morgan fingerprint density at radius 3 is 2.88 bits per heavy atom. The molecule has 3 heterocycles. The van der Waals surface area contributed by atoms with Crippen molar-refractivity contribution < 1.29 is 4.73 Å². The molecular weight excluding hydrogens is 393 g/mol. The summed E-state index contributed by atoms with van der Waals surface area (Å²) in [7, 11) is 1.99. The molecule has 26 heavy (non-hydrogen) atoms. The van der Waals surface area contributed by atoms with Crippen LogP contribution in [0.4, 0.5) is 5.82 Å². The predicted molar refractivity (Wildman–Crippen MR) is 107 cm³/mol. The minimum absolute atomic E-state index is 0.510. The third-order valence-electron chi connectivity index (χ3n) is 4.11. The summed E-state index contributed by atoms with van der Waals surface area (Å²) in [6.45, 7) is 0.510. The molecule has 0 aliphatic rings. The molecule has 0 bridgehead atoms. The van der Waals surface area contributed by atoms with Gasteiger partial charge in [-0.25, -0.2) is 4.98 Å². The van der Waals surface area contributed by atoms with Crippen LogP contribution in [-0.4, -0.2) is 22.4 Å². The van der Waals surface area contributed by atoms with E-state index in [0.29, 0.717) is 6.54 Å². The lowest BCUT2D eigenvalue weighted by Crippen LogP contribution is -2.25. The van der Waals surface area contributed by atoms with E-state index in [0.717, 1.165) is 43.0 Å². The second-order valence-electron chi connectivity index (χ2n) is 6.00. The van der Waals surface area contributed by atoms with E-state index in [1.165, 1.54) is 6.20 Å². The summed E-state index contributed by atoms with van der Waals surface area (Å²) in [5.74, 6) is 0.815. The van der Waals surface area contributed by atoms with Crippen LogP contribution < -0.4 is 15.5 Å². The molecule has 0 saturated heterocycles. The number of anilines is 1. The van der Waals surface area contributed by atoms with E-state index in [9.17, 15) is 5.21 Å². The van der Waals surface area contributed by atoms with E-state index in [1.54, 1.807) is 23.0 Å². The van der Waals surface area contributed by atoms with Crippen LogP contribution in [0.25, 0.3) is 16.9 Å². The zero-order valence-electron chi connectivity index (χ0n) is 14.1. The number of aromatic nitrogens is 4. The fraction of sp³-hybridized carbons (Fsp3) is 0.0556. The molecule has 3 aromatic heterocycles. The first-order chi connectivity index (χ1) is 12.6. The fourth-order valence-electron chi connectivity index (χ4n) is 2.80. The monoisotopic (exact) mass is 407 g/mol. The first kappa shape index (κ1) is 16.6. The van der Waals surface area contributed by atoms with Gasteiger partial charge in [0, 0.05) is 40.5 Å². The van der Waals surface area contributed by atoms with Crippen LogP contribution in [0, 0.1) is 5.21 Å². The maximum atomic E-state index is 11.5. The minimum atomic E-state index is 0.510. The van der Waals surface area contributed by atoms with Crippen molar-refractivity contribution in [1.29, 1.82) is 0 Å². The van der Waals surface area contributed by atoms with Crippen molar-refractivity contribution in [2.24, 2.45) is 0 Å². The van der Waals surface area contributed by atoms with Gasteiger partial charge in [-0.3, -0.25) is 0 Å². The molecule has 0 unspecified atom stereocenters. The molecule has 6 nitrogen and oxygen atoms in total. The number of hydrogen-bond acceptors (Lipinski definition) is 4. The zero-order valence-corrected chi connectivity index (χ0v) is 15.6. The van der Waals surface area contributed by atoms with Gasteiger partial charge in [-0.05, 0) is 17.6 Å². The summed E-state index contributed by atoms with van der Waals surface area (Å²) in [6, 6.07) is 13.6. The van der Waals surface area contributed by atoms with E-state index in [2.05, 4.69) is 26.3 Å². The quantitative estimate of drug-likeness (QED) is 0.317. The molecule has 1 N–H and O–H groups in total. The van der Waals surface area contributed by atoms with Crippen molar-refractivity contribution in [3.8, 4) is 11.3 Å². The number of nitrogens with one attached hydrogen (secondary N) is 1. The fourth-order valence-corrected chi connectivity index (χ4v) is 3.29. The van der Waals surface area contributed by atoms with Gasteiger partial charge in [0.05, 0.1) is 5.69 Å². The van der Waals surface area contributed by atoms with E-state index in [1.807, 2.05) is 44.2 Å². The molecule has 0 radical (unpaired) electrons. The Bertz CT molecular complexity index is 1100. The number of rotatable bonds is 4. The second-order valence-corrected chi connectivity index (χ2v) is 6.85. The van der Waals surface area contributed by atoms with Crippen molar-refractivity contribution in [3.63, 3.8) is 0 Å². The van der Waals surface area contributed by atoms with Crippen molar-refractivity contribution in [3.05, 3.63) is 76.3 Å². The summed E-state index contributed by atoms with van der Waals surface area (Å²) >= 11 is 3.59. The standard InChI is InChI=1S/C18H15BBrN5O/c19-14-10-22-25-17(21-9-12-4-3-7-24(26)11-12)8-16(23-18(14)25)13-5-1-2-6-15(13)20/h1-8,10-11,21H,9,19H2. The molecule has 4 rings (SSSR count). The Morgan fingerprint density at radius 2 is 2.08 bits per heavy atom. The molecule has 1 aromatic carbocycles. The molecule has 128 valence electrons. The lowest BCUT2D eigenvalue weighted by atomic mass is 10.0. The van der Waals surface area contributed by atoms with Gasteiger partial charge in [-0.1, -0.05) is 34.1 Å². The average Bonchev–Trinajstić information content (AvgIpc) is 3.01. The zero-order chi connectivity index (χ0) is 18.1. The van der Waals surface area contributed by atoms with Gasteiger partial charge in [0.1, 0.15) is 13.7 Å². The molecule has 0 aliphatic heterocycles. The highest BCUT2D eigenvalue weighted by atomic mass is 79.9. The Hall–Kier alpha value is -2.87. The summed E-state index contributed by atoms with van der Waals surface area (Å²) in [5.41, 5.74) is 4.55. The number of pyridine rings is 1. The molecule has 8 heteroatoms. The smallest absolute Gasteiger partial charge is 0.185 e. The molecular formula is C18H15BBrN5O. The summed E-state index contributed by atoms with van der Waals surface area (Å²) < 4.78 is 3.56. The maximum Gasteiger partial charge on any atom is 0.185 e.